The van der Waals surface area contributed by atoms with E-state index in [1.165, 1.54) is 0 Å². The SMILES string of the molecule is C[C@H]1C[C@H]1c1nc(-c2cccnc2)no1. The maximum atomic E-state index is 5.22. The molecule has 0 radical (unpaired) electrons. The van der Waals surface area contributed by atoms with Gasteiger partial charge >= 0.3 is 0 Å². The summed E-state index contributed by atoms with van der Waals surface area (Å²) in [5.74, 6) is 2.56. The quantitative estimate of drug-likeness (QED) is 0.747. The van der Waals surface area contributed by atoms with Gasteiger partial charge in [0.25, 0.3) is 0 Å². The van der Waals surface area contributed by atoms with E-state index in [0.29, 0.717) is 17.7 Å². The molecule has 0 N–H and O–H groups in total. The van der Waals surface area contributed by atoms with Crippen LogP contribution in [0.2, 0.25) is 0 Å². The van der Waals surface area contributed by atoms with Gasteiger partial charge in [0.2, 0.25) is 11.7 Å². The Morgan fingerprint density at radius 3 is 3.00 bits per heavy atom. The second-order valence-electron chi connectivity index (χ2n) is 4.02. The molecule has 2 aromatic rings. The van der Waals surface area contributed by atoms with Crippen molar-refractivity contribution < 1.29 is 4.52 Å². The second kappa shape index (κ2) is 3.15. The molecule has 2 atom stereocenters. The lowest BCUT2D eigenvalue weighted by Gasteiger charge is -1.89. The van der Waals surface area contributed by atoms with E-state index in [4.69, 9.17) is 4.52 Å². The van der Waals surface area contributed by atoms with Crippen LogP contribution >= 0.6 is 0 Å². The van der Waals surface area contributed by atoms with Crippen LogP contribution in [0, 0.1) is 5.92 Å². The van der Waals surface area contributed by atoms with Crippen molar-refractivity contribution in [3.8, 4) is 11.4 Å². The van der Waals surface area contributed by atoms with Crippen molar-refractivity contribution in [3.05, 3.63) is 30.4 Å². The van der Waals surface area contributed by atoms with Crippen molar-refractivity contribution >= 4 is 0 Å². The number of nitrogens with zero attached hydrogens (tertiary/aromatic N) is 3. The molecule has 0 amide bonds. The van der Waals surface area contributed by atoms with Crippen LogP contribution in [0.5, 0.6) is 0 Å². The third kappa shape index (κ3) is 1.52. The molecule has 4 heteroatoms. The van der Waals surface area contributed by atoms with Crippen molar-refractivity contribution in [2.75, 3.05) is 0 Å². The molecule has 76 valence electrons. The number of hydrogen-bond donors (Lipinski definition) is 0. The molecule has 1 saturated carbocycles. The lowest BCUT2D eigenvalue weighted by atomic mass is 10.3. The highest BCUT2D eigenvalue weighted by atomic mass is 16.5. The minimum Gasteiger partial charge on any atom is -0.339 e. The summed E-state index contributed by atoms with van der Waals surface area (Å²) in [6.07, 6.45) is 4.63. The molecule has 3 rings (SSSR count). The molecule has 0 unspecified atom stereocenters. The minimum absolute atomic E-state index is 0.475. The van der Waals surface area contributed by atoms with Gasteiger partial charge in [0.1, 0.15) is 0 Å². The number of hydrogen-bond acceptors (Lipinski definition) is 4. The third-order valence-electron chi connectivity index (χ3n) is 2.79. The average molecular weight is 201 g/mol. The molecule has 15 heavy (non-hydrogen) atoms. The summed E-state index contributed by atoms with van der Waals surface area (Å²) in [6.45, 7) is 2.19. The highest BCUT2D eigenvalue weighted by molar-refractivity contribution is 5.52. The number of pyridine rings is 1. The van der Waals surface area contributed by atoms with Gasteiger partial charge in [-0.1, -0.05) is 12.1 Å². The Bertz CT molecular complexity index is 466. The summed E-state index contributed by atoms with van der Waals surface area (Å²) in [7, 11) is 0. The van der Waals surface area contributed by atoms with Crippen molar-refractivity contribution in [2.45, 2.75) is 19.3 Å². The second-order valence-corrected chi connectivity index (χ2v) is 4.02. The van der Waals surface area contributed by atoms with E-state index in [2.05, 4.69) is 22.0 Å². The zero-order valence-electron chi connectivity index (χ0n) is 8.42. The minimum atomic E-state index is 0.475. The zero-order chi connectivity index (χ0) is 10.3. The van der Waals surface area contributed by atoms with E-state index in [9.17, 15) is 0 Å². The Morgan fingerprint density at radius 1 is 1.47 bits per heavy atom. The standard InChI is InChI=1S/C11H11N3O/c1-7-5-9(7)11-13-10(14-15-11)8-3-2-4-12-6-8/h2-4,6-7,9H,5H2,1H3/t7-,9+/m0/s1. The van der Waals surface area contributed by atoms with Crippen molar-refractivity contribution in [1.82, 2.24) is 15.1 Å². The predicted molar refractivity (Wildman–Crippen MR) is 54.1 cm³/mol. The largest absolute Gasteiger partial charge is 0.339 e. The summed E-state index contributed by atoms with van der Waals surface area (Å²) in [4.78, 5) is 8.40. The Hall–Kier alpha value is -1.71. The smallest absolute Gasteiger partial charge is 0.230 e. The van der Waals surface area contributed by atoms with Crippen LogP contribution in [-0.2, 0) is 0 Å². The van der Waals surface area contributed by atoms with Gasteiger partial charge in [-0.2, -0.15) is 4.98 Å². The molecule has 0 aromatic carbocycles. The van der Waals surface area contributed by atoms with E-state index in [0.717, 1.165) is 17.9 Å². The maximum Gasteiger partial charge on any atom is 0.230 e. The van der Waals surface area contributed by atoms with Crippen LogP contribution in [-0.4, -0.2) is 15.1 Å². The molecule has 0 aliphatic heterocycles. The van der Waals surface area contributed by atoms with Gasteiger partial charge in [-0.3, -0.25) is 4.98 Å². The molecule has 4 nitrogen and oxygen atoms in total. The van der Waals surface area contributed by atoms with Gasteiger partial charge in [-0.25, -0.2) is 0 Å². The topological polar surface area (TPSA) is 51.8 Å². The molecule has 2 aromatic heterocycles. The molecular formula is C11H11N3O. The van der Waals surface area contributed by atoms with Crippen LogP contribution in [0.15, 0.2) is 29.0 Å². The van der Waals surface area contributed by atoms with E-state index in [1.807, 2.05) is 12.1 Å². The maximum absolute atomic E-state index is 5.22. The molecule has 1 aliphatic rings. The van der Waals surface area contributed by atoms with Crippen LogP contribution in [0.1, 0.15) is 25.2 Å². The predicted octanol–water partition coefficient (Wildman–Crippen LogP) is 2.25. The average Bonchev–Trinajstić information content (AvgIpc) is 2.83. The van der Waals surface area contributed by atoms with Gasteiger partial charge in [0, 0.05) is 23.9 Å². The Morgan fingerprint density at radius 2 is 2.33 bits per heavy atom. The normalized spacial score (nSPS) is 24.1. The molecule has 1 aliphatic carbocycles. The van der Waals surface area contributed by atoms with Crippen LogP contribution in [0.4, 0.5) is 0 Å². The summed E-state index contributed by atoms with van der Waals surface area (Å²) in [5.41, 5.74) is 0.904. The summed E-state index contributed by atoms with van der Waals surface area (Å²) >= 11 is 0. The van der Waals surface area contributed by atoms with Crippen LogP contribution in [0.25, 0.3) is 11.4 Å². The first-order valence-electron chi connectivity index (χ1n) is 5.08. The van der Waals surface area contributed by atoms with Gasteiger partial charge in [-0.15, -0.1) is 0 Å². The lowest BCUT2D eigenvalue weighted by Crippen LogP contribution is -1.83. The molecule has 2 heterocycles. The fourth-order valence-electron chi connectivity index (χ4n) is 1.66. The Kier molecular flexibility index (Phi) is 1.80. The fourth-order valence-corrected chi connectivity index (χ4v) is 1.66. The first-order valence-corrected chi connectivity index (χ1v) is 5.08. The summed E-state index contributed by atoms with van der Waals surface area (Å²) < 4.78 is 5.22. The van der Waals surface area contributed by atoms with E-state index >= 15 is 0 Å². The first-order chi connectivity index (χ1) is 7.34. The van der Waals surface area contributed by atoms with Crippen molar-refractivity contribution in [2.24, 2.45) is 5.92 Å². The molecule has 0 bridgehead atoms. The monoisotopic (exact) mass is 201 g/mol. The highest BCUT2D eigenvalue weighted by Crippen LogP contribution is 2.46. The van der Waals surface area contributed by atoms with Gasteiger partial charge in [0.05, 0.1) is 0 Å². The zero-order valence-corrected chi connectivity index (χ0v) is 8.42. The van der Waals surface area contributed by atoms with Crippen LogP contribution < -0.4 is 0 Å². The van der Waals surface area contributed by atoms with Gasteiger partial charge < -0.3 is 4.52 Å². The fraction of sp³-hybridized carbons (Fsp3) is 0.364. The van der Waals surface area contributed by atoms with Gasteiger partial charge in [-0.05, 0) is 24.5 Å². The number of aromatic nitrogens is 3. The first kappa shape index (κ1) is 8.59. The van der Waals surface area contributed by atoms with Gasteiger partial charge in [0.15, 0.2) is 0 Å². The third-order valence-corrected chi connectivity index (χ3v) is 2.79. The molecular weight excluding hydrogens is 190 g/mol. The van der Waals surface area contributed by atoms with E-state index in [-0.39, 0.29) is 0 Å². The van der Waals surface area contributed by atoms with Crippen molar-refractivity contribution in [3.63, 3.8) is 0 Å². The van der Waals surface area contributed by atoms with Crippen molar-refractivity contribution in [1.29, 1.82) is 0 Å². The molecule has 0 spiro atoms. The summed E-state index contributed by atoms with van der Waals surface area (Å²) in [5, 5.41) is 3.96. The lowest BCUT2D eigenvalue weighted by molar-refractivity contribution is 0.377. The summed E-state index contributed by atoms with van der Waals surface area (Å²) in [6, 6.07) is 3.79. The number of rotatable bonds is 2. The van der Waals surface area contributed by atoms with Crippen LogP contribution in [0.3, 0.4) is 0 Å². The molecule has 0 saturated heterocycles. The Balaban J connectivity index is 1.91. The Labute approximate surface area is 87.3 Å². The van der Waals surface area contributed by atoms with E-state index in [1.54, 1.807) is 12.4 Å². The van der Waals surface area contributed by atoms with E-state index < -0.39 is 0 Å². The molecule has 1 fully saturated rings. The highest BCUT2D eigenvalue weighted by Gasteiger charge is 2.38.